The molecule has 1 aromatic heterocycles. The third-order valence-corrected chi connectivity index (χ3v) is 2.67. The van der Waals surface area contributed by atoms with Crippen molar-refractivity contribution in [1.82, 2.24) is 9.78 Å². The number of nitrogens with zero attached hydrogens (tertiary/aromatic N) is 2. The van der Waals surface area contributed by atoms with Crippen molar-refractivity contribution in [2.75, 3.05) is 0 Å². The molecule has 0 amide bonds. The first-order chi connectivity index (χ1) is 9.54. The van der Waals surface area contributed by atoms with Crippen LogP contribution in [0, 0.1) is 0 Å². The van der Waals surface area contributed by atoms with Gasteiger partial charge >= 0.3 is 0 Å². The van der Waals surface area contributed by atoms with Gasteiger partial charge in [-0.3, -0.25) is 9.48 Å². The zero-order chi connectivity index (χ0) is 14.5. The Bertz CT molecular complexity index is 610. The molecule has 104 valence electrons. The molecule has 4 nitrogen and oxygen atoms in total. The summed E-state index contributed by atoms with van der Waals surface area (Å²) in [6.07, 6.45) is 6.76. The summed E-state index contributed by atoms with van der Waals surface area (Å²) in [5.74, 6) is 0.774. The van der Waals surface area contributed by atoms with Gasteiger partial charge in [-0.1, -0.05) is 18.2 Å². The molecule has 0 unspecified atom stereocenters. The second kappa shape index (κ2) is 6.19. The Hall–Kier alpha value is -2.36. The predicted molar refractivity (Wildman–Crippen MR) is 78.8 cm³/mol. The summed E-state index contributed by atoms with van der Waals surface area (Å²) in [6.45, 7) is 3.97. The van der Waals surface area contributed by atoms with E-state index < -0.39 is 0 Å². The zero-order valence-corrected chi connectivity index (χ0v) is 11.9. The van der Waals surface area contributed by atoms with Crippen LogP contribution in [0.15, 0.2) is 42.7 Å². The number of hydrogen-bond donors (Lipinski definition) is 0. The van der Waals surface area contributed by atoms with E-state index >= 15 is 0 Å². The third-order valence-electron chi connectivity index (χ3n) is 2.67. The van der Waals surface area contributed by atoms with Gasteiger partial charge in [0.05, 0.1) is 17.9 Å². The number of ether oxygens (including phenoxy) is 1. The highest BCUT2D eigenvalue weighted by atomic mass is 16.5. The van der Waals surface area contributed by atoms with Gasteiger partial charge in [0.2, 0.25) is 0 Å². The lowest BCUT2D eigenvalue weighted by molar-refractivity contribution is 0.104. The van der Waals surface area contributed by atoms with Crippen molar-refractivity contribution in [1.29, 1.82) is 0 Å². The standard InChI is InChI=1S/C16H18N2O2/c1-12(2)20-15-7-4-13(5-8-15)6-9-16(19)14-10-17-18(3)11-14/h4-12H,1-3H3/b9-6-. The van der Waals surface area contributed by atoms with Crippen LogP contribution < -0.4 is 4.74 Å². The van der Waals surface area contributed by atoms with E-state index in [4.69, 9.17) is 4.74 Å². The number of benzene rings is 1. The quantitative estimate of drug-likeness (QED) is 0.619. The molecule has 0 bridgehead atoms. The number of rotatable bonds is 5. The van der Waals surface area contributed by atoms with Gasteiger partial charge in [-0.2, -0.15) is 5.10 Å². The Morgan fingerprint density at radius 1 is 1.30 bits per heavy atom. The van der Waals surface area contributed by atoms with E-state index in [-0.39, 0.29) is 11.9 Å². The topological polar surface area (TPSA) is 44.1 Å². The van der Waals surface area contributed by atoms with E-state index in [0.717, 1.165) is 11.3 Å². The molecule has 0 radical (unpaired) electrons. The number of aryl methyl sites for hydroxylation is 1. The Labute approximate surface area is 118 Å². The monoisotopic (exact) mass is 270 g/mol. The maximum Gasteiger partial charge on any atom is 0.189 e. The molecule has 2 aromatic rings. The molecular weight excluding hydrogens is 252 g/mol. The lowest BCUT2D eigenvalue weighted by Gasteiger charge is -2.09. The molecule has 0 fully saturated rings. The van der Waals surface area contributed by atoms with Crippen molar-refractivity contribution in [3.8, 4) is 5.75 Å². The fraction of sp³-hybridized carbons (Fsp3) is 0.250. The van der Waals surface area contributed by atoms with Gasteiger partial charge < -0.3 is 4.74 Å². The van der Waals surface area contributed by atoms with E-state index in [0.29, 0.717) is 5.56 Å². The van der Waals surface area contributed by atoms with Crippen LogP contribution in [0.1, 0.15) is 29.8 Å². The highest BCUT2D eigenvalue weighted by Crippen LogP contribution is 2.15. The molecule has 0 spiro atoms. The molecule has 0 aliphatic carbocycles. The number of allylic oxidation sites excluding steroid dienone is 1. The summed E-state index contributed by atoms with van der Waals surface area (Å²) in [4.78, 5) is 11.9. The van der Waals surface area contributed by atoms with Crippen molar-refractivity contribution in [3.05, 3.63) is 53.9 Å². The highest BCUT2D eigenvalue weighted by Gasteiger charge is 2.03. The number of hydrogen-bond acceptors (Lipinski definition) is 3. The summed E-state index contributed by atoms with van der Waals surface area (Å²) in [6, 6.07) is 7.64. The van der Waals surface area contributed by atoms with Gasteiger partial charge in [-0.05, 0) is 37.6 Å². The maximum atomic E-state index is 11.9. The van der Waals surface area contributed by atoms with Crippen molar-refractivity contribution in [3.63, 3.8) is 0 Å². The Balaban J connectivity index is 2.02. The number of carbonyl (C=O) groups is 1. The average molecular weight is 270 g/mol. The van der Waals surface area contributed by atoms with E-state index in [1.165, 1.54) is 0 Å². The first kappa shape index (κ1) is 14.1. The average Bonchev–Trinajstić information content (AvgIpc) is 2.84. The van der Waals surface area contributed by atoms with Crippen molar-refractivity contribution in [2.24, 2.45) is 7.05 Å². The van der Waals surface area contributed by atoms with Crippen LogP contribution in [0.4, 0.5) is 0 Å². The molecular formula is C16H18N2O2. The van der Waals surface area contributed by atoms with Gasteiger partial charge in [-0.25, -0.2) is 0 Å². The molecule has 2 rings (SSSR count). The van der Waals surface area contributed by atoms with Crippen LogP contribution >= 0.6 is 0 Å². The van der Waals surface area contributed by atoms with E-state index in [9.17, 15) is 4.79 Å². The number of carbonyl (C=O) groups excluding carboxylic acids is 1. The van der Waals surface area contributed by atoms with Gasteiger partial charge in [0.25, 0.3) is 0 Å². The second-order valence-corrected chi connectivity index (χ2v) is 4.84. The van der Waals surface area contributed by atoms with Gasteiger partial charge in [0, 0.05) is 13.2 Å². The summed E-state index contributed by atoms with van der Waals surface area (Å²) in [5, 5.41) is 3.98. The Kier molecular flexibility index (Phi) is 4.35. The van der Waals surface area contributed by atoms with Gasteiger partial charge in [0.1, 0.15) is 5.75 Å². The molecule has 0 aliphatic heterocycles. The minimum atomic E-state index is -0.0550. The fourth-order valence-electron chi connectivity index (χ4n) is 1.75. The summed E-state index contributed by atoms with van der Waals surface area (Å²) < 4.78 is 7.18. The molecule has 0 aliphatic rings. The predicted octanol–water partition coefficient (Wildman–Crippen LogP) is 3.10. The SMILES string of the molecule is CC(C)Oc1ccc(/C=C\C(=O)c2cnn(C)c2)cc1. The lowest BCUT2D eigenvalue weighted by Crippen LogP contribution is -2.05. The first-order valence-electron chi connectivity index (χ1n) is 6.52. The molecule has 1 aromatic carbocycles. The van der Waals surface area contributed by atoms with Crippen LogP contribution in [0.5, 0.6) is 5.75 Å². The summed E-state index contributed by atoms with van der Waals surface area (Å²) in [7, 11) is 1.79. The van der Waals surface area contributed by atoms with E-state index in [1.54, 1.807) is 36.3 Å². The minimum Gasteiger partial charge on any atom is -0.491 e. The van der Waals surface area contributed by atoms with Crippen molar-refractivity contribution >= 4 is 11.9 Å². The normalized spacial score (nSPS) is 11.2. The van der Waals surface area contributed by atoms with Gasteiger partial charge in [0.15, 0.2) is 5.78 Å². The van der Waals surface area contributed by atoms with E-state index in [1.807, 2.05) is 38.1 Å². The zero-order valence-electron chi connectivity index (χ0n) is 11.9. The summed E-state index contributed by atoms with van der Waals surface area (Å²) in [5.41, 5.74) is 1.54. The van der Waals surface area contributed by atoms with E-state index in [2.05, 4.69) is 5.10 Å². The molecule has 0 N–H and O–H groups in total. The smallest absolute Gasteiger partial charge is 0.189 e. The molecule has 20 heavy (non-hydrogen) atoms. The maximum absolute atomic E-state index is 11.9. The Morgan fingerprint density at radius 2 is 2.00 bits per heavy atom. The lowest BCUT2D eigenvalue weighted by atomic mass is 10.1. The van der Waals surface area contributed by atoms with Crippen molar-refractivity contribution in [2.45, 2.75) is 20.0 Å². The van der Waals surface area contributed by atoms with Crippen LogP contribution in [0.2, 0.25) is 0 Å². The molecule has 0 saturated carbocycles. The van der Waals surface area contributed by atoms with Crippen molar-refractivity contribution < 1.29 is 9.53 Å². The summed E-state index contributed by atoms with van der Waals surface area (Å²) >= 11 is 0. The Morgan fingerprint density at radius 3 is 2.55 bits per heavy atom. The number of aromatic nitrogens is 2. The molecule has 0 atom stereocenters. The minimum absolute atomic E-state index is 0.0550. The molecule has 1 heterocycles. The highest BCUT2D eigenvalue weighted by molar-refractivity contribution is 6.06. The molecule has 4 heteroatoms. The van der Waals surface area contributed by atoms with Gasteiger partial charge in [-0.15, -0.1) is 0 Å². The van der Waals surface area contributed by atoms with Crippen LogP contribution in [0.3, 0.4) is 0 Å². The first-order valence-corrected chi connectivity index (χ1v) is 6.52. The number of ketones is 1. The van der Waals surface area contributed by atoms with Crippen LogP contribution in [0.25, 0.3) is 6.08 Å². The fourth-order valence-corrected chi connectivity index (χ4v) is 1.75. The third kappa shape index (κ3) is 3.82. The second-order valence-electron chi connectivity index (χ2n) is 4.84. The largest absolute Gasteiger partial charge is 0.491 e. The van der Waals surface area contributed by atoms with Crippen LogP contribution in [-0.4, -0.2) is 21.7 Å². The molecule has 0 saturated heterocycles. The van der Waals surface area contributed by atoms with Crippen LogP contribution in [-0.2, 0) is 7.05 Å².